The van der Waals surface area contributed by atoms with E-state index in [0.29, 0.717) is 0 Å². The number of rotatable bonds is 7. The number of nitrogens with zero attached hydrogens (tertiary/aromatic N) is 2. The summed E-state index contributed by atoms with van der Waals surface area (Å²) in [5.74, 6) is -2.13. The van der Waals surface area contributed by atoms with E-state index < -0.39 is 30.3 Å². The normalized spacial score (nSPS) is 14.0. The number of imide groups is 1. The highest BCUT2D eigenvalue weighted by atomic mass is 16.2. The SMILES string of the molecule is CC(C)[C@@H](NC(=O)CN1C(=O)c2ccccc2C1=O)C(=O)NCc1cccnc1. The minimum atomic E-state index is -0.797. The summed E-state index contributed by atoms with van der Waals surface area (Å²) < 4.78 is 0. The van der Waals surface area contributed by atoms with Gasteiger partial charge in [0.1, 0.15) is 12.6 Å². The summed E-state index contributed by atoms with van der Waals surface area (Å²) in [6.07, 6.45) is 3.28. The summed E-state index contributed by atoms with van der Waals surface area (Å²) in [4.78, 5) is 54.7. The number of hydrogen-bond donors (Lipinski definition) is 2. The van der Waals surface area contributed by atoms with Gasteiger partial charge >= 0.3 is 0 Å². The molecular formula is C21H22N4O4. The molecule has 150 valence electrons. The highest BCUT2D eigenvalue weighted by Crippen LogP contribution is 2.22. The molecule has 4 amide bonds. The minimum Gasteiger partial charge on any atom is -0.350 e. The predicted molar refractivity (Wildman–Crippen MR) is 105 cm³/mol. The largest absolute Gasteiger partial charge is 0.350 e. The molecular weight excluding hydrogens is 372 g/mol. The van der Waals surface area contributed by atoms with Crippen molar-refractivity contribution >= 4 is 23.6 Å². The van der Waals surface area contributed by atoms with E-state index in [4.69, 9.17) is 0 Å². The van der Waals surface area contributed by atoms with Crippen LogP contribution in [0.4, 0.5) is 0 Å². The number of fused-ring (bicyclic) bond motifs is 1. The lowest BCUT2D eigenvalue weighted by Crippen LogP contribution is -2.52. The maximum Gasteiger partial charge on any atom is 0.262 e. The first-order valence-electron chi connectivity index (χ1n) is 9.29. The van der Waals surface area contributed by atoms with Crippen molar-refractivity contribution < 1.29 is 19.2 Å². The Hall–Kier alpha value is -3.55. The Bertz CT molecular complexity index is 908. The molecule has 0 unspecified atom stereocenters. The van der Waals surface area contributed by atoms with Crippen molar-refractivity contribution in [2.45, 2.75) is 26.4 Å². The lowest BCUT2D eigenvalue weighted by molar-refractivity contribution is -0.130. The van der Waals surface area contributed by atoms with Crippen LogP contribution in [0.5, 0.6) is 0 Å². The number of amides is 4. The lowest BCUT2D eigenvalue weighted by atomic mass is 10.0. The van der Waals surface area contributed by atoms with E-state index in [9.17, 15) is 19.2 Å². The van der Waals surface area contributed by atoms with Gasteiger partial charge in [0.2, 0.25) is 11.8 Å². The van der Waals surface area contributed by atoms with Gasteiger partial charge in [-0.15, -0.1) is 0 Å². The Labute approximate surface area is 168 Å². The number of benzene rings is 1. The molecule has 1 aliphatic rings. The molecule has 2 aromatic rings. The molecule has 3 rings (SSSR count). The van der Waals surface area contributed by atoms with E-state index in [2.05, 4.69) is 15.6 Å². The zero-order chi connectivity index (χ0) is 21.0. The fraction of sp³-hybridized carbons (Fsp3) is 0.286. The van der Waals surface area contributed by atoms with Crippen LogP contribution < -0.4 is 10.6 Å². The summed E-state index contributed by atoms with van der Waals surface area (Å²) in [6.45, 7) is 3.45. The minimum absolute atomic E-state index is 0.185. The number of carbonyl (C=O) groups excluding carboxylic acids is 4. The van der Waals surface area contributed by atoms with Gasteiger partial charge in [-0.3, -0.25) is 29.1 Å². The molecule has 8 heteroatoms. The number of pyridine rings is 1. The molecule has 0 aliphatic carbocycles. The summed E-state index contributed by atoms with van der Waals surface area (Å²) in [5, 5.41) is 5.40. The Kier molecular flexibility index (Phi) is 6.01. The van der Waals surface area contributed by atoms with Gasteiger partial charge in [-0.1, -0.05) is 32.0 Å². The van der Waals surface area contributed by atoms with Crippen molar-refractivity contribution in [1.29, 1.82) is 0 Å². The fourth-order valence-corrected chi connectivity index (χ4v) is 3.08. The number of hydrogen-bond acceptors (Lipinski definition) is 5. The van der Waals surface area contributed by atoms with Gasteiger partial charge in [0, 0.05) is 18.9 Å². The van der Waals surface area contributed by atoms with Gasteiger partial charge in [-0.05, 0) is 29.7 Å². The van der Waals surface area contributed by atoms with Crippen LogP contribution in [0.25, 0.3) is 0 Å². The summed E-state index contributed by atoms with van der Waals surface area (Å²) in [7, 11) is 0. The van der Waals surface area contributed by atoms with Gasteiger partial charge in [-0.2, -0.15) is 0 Å². The standard InChI is InChI=1S/C21H22N4O4/c1-13(2)18(19(27)23-11-14-6-5-9-22-10-14)24-17(26)12-25-20(28)15-7-3-4-8-16(15)21(25)29/h3-10,13,18H,11-12H2,1-2H3,(H,23,27)(H,24,26)/t18-/m1/s1. The van der Waals surface area contributed by atoms with Crippen LogP contribution in [0.1, 0.15) is 40.1 Å². The zero-order valence-electron chi connectivity index (χ0n) is 16.2. The molecule has 0 fully saturated rings. The van der Waals surface area contributed by atoms with Crippen molar-refractivity contribution in [3.8, 4) is 0 Å². The van der Waals surface area contributed by atoms with Crippen molar-refractivity contribution in [3.05, 3.63) is 65.5 Å². The molecule has 29 heavy (non-hydrogen) atoms. The monoisotopic (exact) mass is 394 g/mol. The van der Waals surface area contributed by atoms with E-state index in [-0.39, 0.29) is 29.5 Å². The Balaban J connectivity index is 1.61. The second-order valence-corrected chi connectivity index (χ2v) is 7.11. The zero-order valence-corrected chi connectivity index (χ0v) is 16.2. The molecule has 0 saturated heterocycles. The third-order valence-electron chi connectivity index (χ3n) is 4.64. The Morgan fingerprint density at radius 1 is 1.03 bits per heavy atom. The summed E-state index contributed by atoms with van der Waals surface area (Å²) in [5.41, 5.74) is 1.39. The number of carbonyl (C=O) groups is 4. The van der Waals surface area contributed by atoms with E-state index >= 15 is 0 Å². The van der Waals surface area contributed by atoms with Crippen LogP contribution in [-0.4, -0.2) is 46.1 Å². The van der Waals surface area contributed by atoms with Crippen LogP contribution in [0.2, 0.25) is 0 Å². The molecule has 8 nitrogen and oxygen atoms in total. The van der Waals surface area contributed by atoms with Crippen molar-refractivity contribution in [2.75, 3.05) is 6.54 Å². The van der Waals surface area contributed by atoms with Crippen molar-refractivity contribution in [1.82, 2.24) is 20.5 Å². The molecule has 2 N–H and O–H groups in total. The third kappa shape index (κ3) is 4.48. The topological polar surface area (TPSA) is 108 Å². The first-order valence-corrected chi connectivity index (χ1v) is 9.29. The number of nitrogens with one attached hydrogen (secondary N) is 2. The van der Waals surface area contributed by atoms with Crippen LogP contribution in [0, 0.1) is 5.92 Å². The van der Waals surface area contributed by atoms with Crippen LogP contribution in [0.3, 0.4) is 0 Å². The molecule has 0 radical (unpaired) electrons. The van der Waals surface area contributed by atoms with E-state index in [1.54, 1.807) is 56.6 Å². The fourth-order valence-electron chi connectivity index (χ4n) is 3.08. The molecule has 1 atom stereocenters. The first-order chi connectivity index (χ1) is 13.9. The van der Waals surface area contributed by atoms with E-state index in [1.165, 1.54) is 0 Å². The van der Waals surface area contributed by atoms with Gasteiger partial charge in [0.15, 0.2) is 0 Å². The molecule has 1 aromatic heterocycles. The van der Waals surface area contributed by atoms with Crippen LogP contribution in [0.15, 0.2) is 48.8 Å². The van der Waals surface area contributed by atoms with Gasteiger partial charge < -0.3 is 10.6 Å². The second-order valence-electron chi connectivity index (χ2n) is 7.11. The van der Waals surface area contributed by atoms with Crippen LogP contribution >= 0.6 is 0 Å². The highest BCUT2D eigenvalue weighted by molar-refractivity contribution is 6.22. The maximum atomic E-state index is 12.5. The lowest BCUT2D eigenvalue weighted by Gasteiger charge is -2.23. The van der Waals surface area contributed by atoms with Crippen LogP contribution in [-0.2, 0) is 16.1 Å². The molecule has 0 spiro atoms. The summed E-state index contributed by atoms with van der Waals surface area (Å²) >= 11 is 0. The smallest absolute Gasteiger partial charge is 0.262 e. The number of aromatic nitrogens is 1. The second kappa shape index (κ2) is 8.64. The predicted octanol–water partition coefficient (Wildman–Crippen LogP) is 1.13. The highest BCUT2D eigenvalue weighted by Gasteiger charge is 2.37. The van der Waals surface area contributed by atoms with Crippen molar-refractivity contribution in [2.24, 2.45) is 5.92 Å². The summed E-state index contributed by atoms with van der Waals surface area (Å²) in [6, 6.07) is 9.23. The third-order valence-corrected chi connectivity index (χ3v) is 4.64. The molecule has 1 aromatic carbocycles. The molecule has 2 heterocycles. The molecule has 0 bridgehead atoms. The van der Waals surface area contributed by atoms with Gasteiger partial charge in [0.05, 0.1) is 11.1 Å². The quantitative estimate of drug-likeness (QED) is 0.685. The first kappa shape index (κ1) is 20.2. The van der Waals surface area contributed by atoms with Gasteiger partial charge in [0.25, 0.3) is 11.8 Å². The van der Waals surface area contributed by atoms with E-state index in [0.717, 1.165) is 10.5 Å². The average molecular weight is 394 g/mol. The van der Waals surface area contributed by atoms with Crippen molar-refractivity contribution in [3.63, 3.8) is 0 Å². The Morgan fingerprint density at radius 2 is 1.69 bits per heavy atom. The van der Waals surface area contributed by atoms with E-state index in [1.807, 2.05) is 6.07 Å². The van der Waals surface area contributed by atoms with Gasteiger partial charge in [-0.25, -0.2) is 0 Å². The average Bonchev–Trinajstić information content (AvgIpc) is 2.96. The Morgan fingerprint density at radius 3 is 2.24 bits per heavy atom. The molecule has 0 saturated carbocycles. The molecule has 1 aliphatic heterocycles. The maximum absolute atomic E-state index is 12.5.